The van der Waals surface area contributed by atoms with Gasteiger partial charge in [-0.15, -0.1) is 0 Å². The van der Waals surface area contributed by atoms with Gasteiger partial charge in [-0.3, -0.25) is 19.2 Å². The Labute approximate surface area is 185 Å². The number of rotatable bonds is 14. The normalized spacial score (nSPS) is 14.5. The first-order valence-corrected chi connectivity index (χ1v) is 10.2. The molecule has 13 heteroatoms. The van der Waals surface area contributed by atoms with Gasteiger partial charge in [0, 0.05) is 24.7 Å². The first-order valence-electron chi connectivity index (χ1n) is 10.2. The molecule has 1 aromatic heterocycles. The number of H-pyrrole nitrogens is 1. The Hall–Kier alpha value is -3.48. The second-order valence-electron chi connectivity index (χ2n) is 7.44. The summed E-state index contributed by atoms with van der Waals surface area (Å²) in [6.07, 6.45) is 3.33. The van der Waals surface area contributed by atoms with Crippen LogP contribution in [0.3, 0.4) is 0 Å². The number of carbonyl (C=O) groups is 5. The molecule has 4 amide bonds. The van der Waals surface area contributed by atoms with Crippen molar-refractivity contribution in [3.8, 4) is 0 Å². The summed E-state index contributed by atoms with van der Waals surface area (Å²) in [7, 11) is 0. The van der Waals surface area contributed by atoms with Crippen LogP contribution < -0.4 is 27.4 Å². The van der Waals surface area contributed by atoms with Gasteiger partial charge >= 0.3 is 5.97 Å². The van der Waals surface area contributed by atoms with Gasteiger partial charge in [0.05, 0.1) is 18.9 Å². The molecule has 4 unspecified atom stereocenters. The molecule has 0 aliphatic carbocycles. The molecule has 0 aromatic carbocycles. The van der Waals surface area contributed by atoms with E-state index in [1.165, 1.54) is 12.5 Å². The molecule has 9 N–H and O–H groups in total. The maximum atomic E-state index is 12.6. The maximum Gasteiger partial charge on any atom is 0.326 e. The molecular formula is C19H31N7O6. The van der Waals surface area contributed by atoms with Crippen LogP contribution in [0.1, 0.15) is 38.8 Å². The fraction of sp³-hybridized carbons (Fsp3) is 0.579. The summed E-state index contributed by atoms with van der Waals surface area (Å²) in [6.45, 7) is 3.08. The number of nitrogens with one attached hydrogen (secondary N) is 4. The number of aromatic amines is 1. The predicted octanol–water partition coefficient (Wildman–Crippen LogP) is -2.24. The molecular weight excluding hydrogens is 422 g/mol. The predicted molar refractivity (Wildman–Crippen MR) is 113 cm³/mol. The first kappa shape index (κ1) is 26.6. The van der Waals surface area contributed by atoms with E-state index < -0.39 is 54.3 Å². The lowest BCUT2D eigenvalue weighted by Crippen LogP contribution is -2.55. The maximum absolute atomic E-state index is 12.6. The van der Waals surface area contributed by atoms with Crippen molar-refractivity contribution in [3.05, 3.63) is 18.2 Å². The standard InChI is InChI=1S/C19H31N7O6/c1-3-10(2)16(26-17(29)12(20)4-5-14(21)27)18(30)23-8-15(28)25-13(19(31)32)6-11-7-22-9-24-11/h7,9-10,12-13,16H,3-6,8,20H2,1-2H3,(H2,21,27)(H,22,24)(H,23,30)(H,25,28)(H,26,29)(H,31,32). The SMILES string of the molecule is CCC(C)C(NC(=O)C(N)CCC(N)=O)C(=O)NCC(=O)NC(Cc1cnc[nH]1)C(=O)O. The van der Waals surface area contributed by atoms with Crippen molar-refractivity contribution in [3.63, 3.8) is 0 Å². The average Bonchev–Trinajstić information content (AvgIpc) is 3.25. The lowest BCUT2D eigenvalue weighted by molar-refractivity contribution is -0.141. The van der Waals surface area contributed by atoms with Crippen molar-refractivity contribution in [2.24, 2.45) is 17.4 Å². The van der Waals surface area contributed by atoms with Crippen LogP contribution in [0.5, 0.6) is 0 Å². The summed E-state index contributed by atoms with van der Waals surface area (Å²) >= 11 is 0. The molecule has 1 heterocycles. The number of carbonyl (C=O) groups excluding carboxylic acids is 4. The van der Waals surface area contributed by atoms with Crippen molar-refractivity contribution < 1.29 is 29.1 Å². The molecule has 0 aliphatic rings. The molecule has 32 heavy (non-hydrogen) atoms. The first-order chi connectivity index (χ1) is 15.0. The van der Waals surface area contributed by atoms with E-state index in [-0.39, 0.29) is 25.2 Å². The number of hydrogen-bond acceptors (Lipinski definition) is 7. The zero-order chi connectivity index (χ0) is 24.3. The highest BCUT2D eigenvalue weighted by Crippen LogP contribution is 2.09. The minimum absolute atomic E-state index is 0.0102. The molecule has 0 fully saturated rings. The molecule has 0 bridgehead atoms. The van der Waals surface area contributed by atoms with Crippen LogP contribution in [0.4, 0.5) is 0 Å². The summed E-state index contributed by atoms with van der Waals surface area (Å²) in [5.74, 6) is -4.07. The zero-order valence-corrected chi connectivity index (χ0v) is 18.1. The topological polar surface area (TPSA) is 222 Å². The smallest absolute Gasteiger partial charge is 0.326 e. The highest BCUT2D eigenvalue weighted by Gasteiger charge is 2.28. The molecule has 4 atom stereocenters. The van der Waals surface area contributed by atoms with E-state index in [0.717, 1.165) is 0 Å². The van der Waals surface area contributed by atoms with Gasteiger partial charge in [-0.25, -0.2) is 9.78 Å². The van der Waals surface area contributed by atoms with E-state index in [4.69, 9.17) is 11.5 Å². The Balaban J connectivity index is 2.65. The van der Waals surface area contributed by atoms with Crippen LogP contribution in [0.2, 0.25) is 0 Å². The van der Waals surface area contributed by atoms with E-state index in [0.29, 0.717) is 12.1 Å². The highest BCUT2D eigenvalue weighted by atomic mass is 16.4. The van der Waals surface area contributed by atoms with Gasteiger partial charge < -0.3 is 37.5 Å². The molecule has 178 valence electrons. The number of carboxylic acids is 1. The van der Waals surface area contributed by atoms with Crippen LogP contribution in [-0.4, -0.2) is 69.3 Å². The summed E-state index contributed by atoms with van der Waals surface area (Å²) in [5.41, 5.74) is 11.3. The van der Waals surface area contributed by atoms with Crippen molar-refractivity contribution >= 4 is 29.6 Å². The van der Waals surface area contributed by atoms with Crippen LogP contribution in [-0.2, 0) is 30.4 Å². The lowest BCUT2D eigenvalue weighted by atomic mass is 9.97. The number of aliphatic carboxylic acids is 1. The Morgan fingerprint density at radius 3 is 2.41 bits per heavy atom. The quantitative estimate of drug-likeness (QED) is 0.163. The molecule has 13 nitrogen and oxygen atoms in total. The number of carboxylic acid groups (broad SMARTS) is 1. The van der Waals surface area contributed by atoms with E-state index in [2.05, 4.69) is 25.9 Å². The molecule has 0 saturated heterocycles. The second kappa shape index (κ2) is 13.0. The number of nitrogens with zero attached hydrogens (tertiary/aromatic N) is 1. The number of hydrogen-bond donors (Lipinski definition) is 7. The van der Waals surface area contributed by atoms with Gasteiger partial charge in [-0.1, -0.05) is 20.3 Å². The van der Waals surface area contributed by atoms with Crippen molar-refractivity contribution in [2.45, 2.75) is 57.7 Å². The van der Waals surface area contributed by atoms with Crippen LogP contribution in [0, 0.1) is 5.92 Å². The van der Waals surface area contributed by atoms with Crippen LogP contribution in [0.15, 0.2) is 12.5 Å². The van der Waals surface area contributed by atoms with Crippen LogP contribution >= 0.6 is 0 Å². The van der Waals surface area contributed by atoms with E-state index in [9.17, 15) is 29.1 Å². The van der Waals surface area contributed by atoms with Gasteiger partial charge in [0.1, 0.15) is 12.1 Å². The summed E-state index contributed by atoms with van der Waals surface area (Å²) < 4.78 is 0. The van der Waals surface area contributed by atoms with Gasteiger partial charge in [-0.2, -0.15) is 0 Å². The minimum Gasteiger partial charge on any atom is -0.480 e. The van der Waals surface area contributed by atoms with Crippen molar-refractivity contribution in [2.75, 3.05) is 6.54 Å². The number of aromatic nitrogens is 2. The average molecular weight is 454 g/mol. The molecule has 1 rings (SSSR count). The van der Waals surface area contributed by atoms with Crippen LogP contribution in [0.25, 0.3) is 0 Å². The van der Waals surface area contributed by atoms with Gasteiger partial charge in [0.2, 0.25) is 23.6 Å². The fourth-order valence-electron chi connectivity index (χ4n) is 2.73. The Kier molecular flexibility index (Phi) is 10.8. The molecule has 1 aromatic rings. The van der Waals surface area contributed by atoms with Crippen molar-refractivity contribution in [1.29, 1.82) is 0 Å². The largest absolute Gasteiger partial charge is 0.480 e. The van der Waals surface area contributed by atoms with Gasteiger partial charge in [-0.05, 0) is 12.3 Å². The fourth-order valence-corrected chi connectivity index (χ4v) is 2.73. The van der Waals surface area contributed by atoms with E-state index >= 15 is 0 Å². The number of primary amides is 1. The highest BCUT2D eigenvalue weighted by molar-refractivity contribution is 5.93. The zero-order valence-electron chi connectivity index (χ0n) is 18.1. The third kappa shape index (κ3) is 9.12. The third-order valence-corrected chi connectivity index (χ3v) is 4.87. The number of imidazole rings is 1. The number of amides is 4. The van der Waals surface area contributed by atoms with E-state index in [1.807, 2.05) is 6.92 Å². The molecule has 0 aliphatic heterocycles. The summed E-state index contributed by atoms with van der Waals surface area (Å²) in [4.78, 5) is 65.8. The molecule has 0 saturated carbocycles. The summed E-state index contributed by atoms with van der Waals surface area (Å²) in [6, 6.07) is -3.21. The van der Waals surface area contributed by atoms with E-state index in [1.54, 1.807) is 6.92 Å². The van der Waals surface area contributed by atoms with Gasteiger partial charge in [0.25, 0.3) is 0 Å². The summed E-state index contributed by atoms with van der Waals surface area (Å²) in [5, 5.41) is 16.6. The Bertz CT molecular complexity index is 798. The monoisotopic (exact) mass is 453 g/mol. The Morgan fingerprint density at radius 2 is 1.88 bits per heavy atom. The third-order valence-electron chi connectivity index (χ3n) is 4.87. The molecule has 0 spiro atoms. The Morgan fingerprint density at radius 1 is 1.19 bits per heavy atom. The van der Waals surface area contributed by atoms with Crippen molar-refractivity contribution in [1.82, 2.24) is 25.9 Å². The number of nitrogens with two attached hydrogens (primary N) is 2. The van der Waals surface area contributed by atoms with Gasteiger partial charge in [0.15, 0.2) is 0 Å². The minimum atomic E-state index is -1.24. The second-order valence-corrected chi connectivity index (χ2v) is 7.44. The molecule has 0 radical (unpaired) electrons. The lowest BCUT2D eigenvalue weighted by Gasteiger charge is -2.25.